The van der Waals surface area contributed by atoms with Gasteiger partial charge in [-0.1, -0.05) is 0 Å². The molecule has 0 radical (unpaired) electrons. The van der Waals surface area contributed by atoms with Crippen LogP contribution in [0.5, 0.6) is 5.75 Å². The fourth-order valence-corrected chi connectivity index (χ4v) is 1.89. The Labute approximate surface area is 131 Å². The van der Waals surface area contributed by atoms with Crippen LogP contribution < -0.4 is 15.8 Å². The van der Waals surface area contributed by atoms with Gasteiger partial charge in [-0.15, -0.1) is 24.2 Å². The molecule has 4 nitrogen and oxygen atoms in total. The SMILES string of the molecule is CSc1ccc(OC(C)C(=O)NCCC(C)N)cc1.Cl. The van der Waals surface area contributed by atoms with E-state index in [4.69, 9.17) is 10.5 Å². The van der Waals surface area contributed by atoms with Gasteiger partial charge in [0.05, 0.1) is 0 Å². The fraction of sp³-hybridized carbons (Fsp3) is 0.500. The maximum absolute atomic E-state index is 11.8. The number of amides is 1. The first-order valence-electron chi connectivity index (χ1n) is 6.37. The van der Waals surface area contributed by atoms with Crippen LogP contribution in [0.1, 0.15) is 20.3 Å². The number of nitrogens with two attached hydrogens (primary N) is 1. The Hall–Kier alpha value is -0.910. The highest BCUT2D eigenvalue weighted by Gasteiger charge is 2.14. The van der Waals surface area contributed by atoms with Gasteiger partial charge in [-0.05, 0) is 50.8 Å². The van der Waals surface area contributed by atoms with Crippen molar-refractivity contribution in [3.63, 3.8) is 0 Å². The number of rotatable bonds is 7. The molecule has 6 heteroatoms. The third-order valence-electron chi connectivity index (χ3n) is 2.64. The third-order valence-corrected chi connectivity index (χ3v) is 3.38. The molecule has 0 spiro atoms. The zero-order chi connectivity index (χ0) is 14.3. The average molecular weight is 319 g/mol. The minimum Gasteiger partial charge on any atom is -0.481 e. The topological polar surface area (TPSA) is 64.3 Å². The molecule has 114 valence electrons. The number of carbonyl (C=O) groups excluding carboxylic acids is 1. The zero-order valence-corrected chi connectivity index (χ0v) is 13.7. The highest BCUT2D eigenvalue weighted by molar-refractivity contribution is 7.98. The Morgan fingerprint density at radius 3 is 2.45 bits per heavy atom. The number of hydrogen-bond acceptors (Lipinski definition) is 4. The molecule has 0 aromatic heterocycles. The van der Waals surface area contributed by atoms with Crippen molar-refractivity contribution in [2.75, 3.05) is 12.8 Å². The summed E-state index contributed by atoms with van der Waals surface area (Å²) in [5.74, 6) is 0.585. The molecule has 0 bridgehead atoms. The number of nitrogens with one attached hydrogen (secondary N) is 1. The standard InChI is InChI=1S/C14H22N2O2S.ClH/c1-10(15)8-9-16-14(17)11(2)18-12-4-6-13(19-3)7-5-12;/h4-7,10-11H,8-9,15H2,1-3H3,(H,16,17);1H. The number of hydrogen-bond donors (Lipinski definition) is 2. The van der Waals surface area contributed by atoms with Crippen LogP contribution in [0.3, 0.4) is 0 Å². The first kappa shape index (κ1) is 19.1. The van der Waals surface area contributed by atoms with E-state index in [1.165, 1.54) is 4.90 Å². The first-order valence-corrected chi connectivity index (χ1v) is 7.59. The summed E-state index contributed by atoms with van der Waals surface area (Å²) in [4.78, 5) is 12.9. The second-order valence-corrected chi connectivity index (χ2v) is 5.37. The van der Waals surface area contributed by atoms with Crippen molar-refractivity contribution in [2.24, 2.45) is 5.73 Å². The van der Waals surface area contributed by atoms with Crippen LogP contribution >= 0.6 is 24.2 Å². The van der Waals surface area contributed by atoms with E-state index in [-0.39, 0.29) is 24.4 Å². The second kappa shape index (κ2) is 9.91. The monoisotopic (exact) mass is 318 g/mol. The highest BCUT2D eigenvalue weighted by Crippen LogP contribution is 2.19. The number of benzene rings is 1. The number of thioether (sulfide) groups is 1. The molecule has 0 aliphatic heterocycles. The Morgan fingerprint density at radius 2 is 1.95 bits per heavy atom. The fourth-order valence-electron chi connectivity index (χ4n) is 1.48. The van der Waals surface area contributed by atoms with Gasteiger partial charge in [0.2, 0.25) is 0 Å². The largest absolute Gasteiger partial charge is 0.481 e. The van der Waals surface area contributed by atoms with E-state index in [1.807, 2.05) is 37.4 Å². The second-order valence-electron chi connectivity index (χ2n) is 4.49. The first-order chi connectivity index (χ1) is 9.02. The van der Waals surface area contributed by atoms with E-state index in [2.05, 4.69) is 5.32 Å². The van der Waals surface area contributed by atoms with Crippen LogP contribution in [0.25, 0.3) is 0 Å². The van der Waals surface area contributed by atoms with Crippen molar-refractivity contribution in [3.05, 3.63) is 24.3 Å². The molecule has 20 heavy (non-hydrogen) atoms. The minimum atomic E-state index is -0.506. The lowest BCUT2D eigenvalue weighted by molar-refractivity contribution is -0.127. The summed E-state index contributed by atoms with van der Waals surface area (Å²) in [7, 11) is 0. The van der Waals surface area contributed by atoms with Crippen LogP contribution in [0.15, 0.2) is 29.2 Å². The normalized spacial score (nSPS) is 13.0. The van der Waals surface area contributed by atoms with Gasteiger partial charge >= 0.3 is 0 Å². The van der Waals surface area contributed by atoms with Crippen molar-refractivity contribution in [2.45, 2.75) is 37.3 Å². The van der Waals surface area contributed by atoms with Crippen LogP contribution in [0.4, 0.5) is 0 Å². The van der Waals surface area contributed by atoms with E-state index < -0.39 is 6.10 Å². The molecule has 1 rings (SSSR count). The summed E-state index contributed by atoms with van der Waals surface area (Å²) in [6, 6.07) is 7.78. The molecule has 2 atom stereocenters. The summed E-state index contributed by atoms with van der Waals surface area (Å²) < 4.78 is 5.58. The Morgan fingerprint density at radius 1 is 1.35 bits per heavy atom. The van der Waals surface area contributed by atoms with Crippen molar-refractivity contribution < 1.29 is 9.53 Å². The molecule has 0 aliphatic rings. The Kier molecular flexibility index (Phi) is 9.46. The lowest BCUT2D eigenvalue weighted by atomic mass is 10.2. The molecular weight excluding hydrogens is 296 g/mol. The molecular formula is C14H23ClN2O2S. The van der Waals surface area contributed by atoms with E-state index in [0.29, 0.717) is 12.3 Å². The molecule has 0 heterocycles. The number of carbonyl (C=O) groups is 1. The van der Waals surface area contributed by atoms with Gasteiger partial charge in [-0.3, -0.25) is 4.79 Å². The van der Waals surface area contributed by atoms with Crippen LogP contribution in [0.2, 0.25) is 0 Å². The third kappa shape index (κ3) is 7.03. The van der Waals surface area contributed by atoms with Crippen molar-refractivity contribution >= 4 is 30.1 Å². The molecule has 1 aromatic rings. The number of halogens is 1. The highest BCUT2D eigenvalue weighted by atomic mass is 35.5. The Bertz CT molecular complexity index is 399. The molecule has 0 fully saturated rings. The maximum Gasteiger partial charge on any atom is 0.260 e. The van der Waals surface area contributed by atoms with Gasteiger partial charge in [0, 0.05) is 17.5 Å². The summed E-state index contributed by atoms with van der Waals surface area (Å²) in [6.07, 6.45) is 2.28. The quantitative estimate of drug-likeness (QED) is 0.758. The molecule has 0 saturated carbocycles. The molecule has 0 saturated heterocycles. The van der Waals surface area contributed by atoms with Crippen LogP contribution in [0, 0.1) is 0 Å². The summed E-state index contributed by atoms with van der Waals surface area (Å²) >= 11 is 1.67. The minimum absolute atomic E-state index is 0. The van der Waals surface area contributed by atoms with Gasteiger partial charge < -0.3 is 15.8 Å². The van der Waals surface area contributed by atoms with Gasteiger partial charge in [-0.25, -0.2) is 0 Å². The van der Waals surface area contributed by atoms with E-state index >= 15 is 0 Å². The van der Waals surface area contributed by atoms with Gasteiger partial charge in [0.25, 0.3) is 5.91 Å². The summed E-state index contributed by atoms with van der Waals surface area (Å²) in [5, 5.41) is 2.81. The van der Waals surface area contributed by atoms with Gasteiger partial charge in [-0.2, -0.15) is 0 Å². The summed E-state index contributed by atoms with van der Waals surface area (Å²) in [6.45, 7) is 4.23. The zero-order valence-electron chi connectivity index (χ0n) is 12.1. The molecule has 0 aliphatic carbocycles. The van der Waals surface area contributed by atoms with Crippen LogP contribution in [-0.4, -0.2) is 30.9 Å². The maximum atomic E-state index is 11.8. The molecule has 1 aromatic carbocycles. The molecule has 1 amide bonds. The smallest absolute Gasteiger partial charge is 0.260 e. The predicted molar refractivity (Wildman–Crippen MR) is 86.8 cm³/mol. The molecule has 2 unspecified atom stereocenters. The number of ether oxygens (including phenoxy) is 1. The lowest BCUT2D eigenvalue weighted by Gasteiger charge is -2.15. The van der Waals surface area contributed by atoms with Gasteiger partial charge in [0.1, 0.15) is 5.75 Å². The summed E-state index contributed by atoms with van der Waals surface area (Å²) in [5.41, 5.74) is 5.62. The van der Waals surface area contributed by atoms with E-state index in [1.54, 1.807) is 18.7 Å². The van der Waals surface area contributed by atoms with Crippen molar-refractivity contribution in [1.29, 1.82) is 0 Å². The average Bonchev–Trinajstić information content (AvgIpc) is 2.39. The predicted octanol–water partition coefficient (Wildman–Crippen LogP) is 2.45. The molecule has 3 N–H and O–H groups in total. The van der Waals surface area contributed by atoms with Crippen molar-refractivity contribution in [1.82, 2.24) is 5.32 Å². The van der Waals surface area contributed by atoms with Gasteiger partial charge in [0.15, 0.2) is 6.10 Å². The lowest BCUT2D eigenvalue weighted by Crippen LogP contribution is -2.38. The van der Waals surface area contributed by atoms with E-state index in [0.717, 1.165) is 6.42 Å². The van der Waals surface area contributed by atoms with Crippen molar-refractivity contribution in [3.8, 4) is 5.75 Å². The van der Waals surface area contributed by atoms with Crippen LogP contribution in [-0.2, 0) is 4.79 Å². The Balaban J connectivity index is 0.00000361. The van der Waals surface area contributed by atoms with E-state index in [9.17, 15) is 4.79 Å².